The second-order valence-corrected chi connectivity index (χ2v) is 20.9. The van der Waals surface area contributed by atoms with Gasteiger partial charge in [-0.25, -0.2) is 0 Å². The Bertz CT molecular complexity index is 2390. The van der Waals surface area contributed by atoms with Gasteiger partial charge in [-0.15, -0.1) is 0 Å². The molecular formula is C52H69N7O10S2. The van der Waals surface area contributed by atoms with Crippen molar-refractivity contribution in [3.8, 4) is 0 Å². The minimum Gasteiger partial charge on any atom is -0.394 e. The lowest BCUT2D eigenvalue weighted by Gasteiger charge is -2.28. The van der Waals surface area contributed by atoms with Crippen LogP contribution in [-0.2, 0) is 52.8 Å². The highest BCUT2D eigenvalue weighted by Gasteiger charge is 2.37. The second-order valence-electron chi connectivity index (χ2n) is 18.3. The largest absolute Gasteiger partial charge is 0.394 e. The number of H-pyrrole nitrogens is 1. The Balaban J connectivity index is 1.56. The Kier molecular flexibility index (Phi) is 22.6. The Hall–Kier alpha value is -5.57. The molecule has 11 N–H and O–H groups in total. The molecule has 0 saturated carbocycles. The summed E-state index contributed by atoms with van der Waals surface area (Å²) in [6.07, 6.45) is 0.671. The minimum absolute atomic E-state index is 0.0207. The van der Waals surface area contributed by atoms with Gasteiger partial charge in [0.2, 0.25) is 29.5 Å². The van der Waals surface area contributed by atoms with E-state index in [0.29, 0.717) is 18.4 Å². The molecule has 1 aromatic heterocycles. The Morgan fingerprint density at radius 1 is 0.761 bits per heavy atom. The van der Waals surface area contributed by atoms with E-state index in [0.717, 1.165) is 50.0 Å². The molecular weight excluding hydrogens is 947 g/mol. The van der Waals surface area contributed by atoms with E-state index in [-0.39, 0.29) is 43.6 Å². The maximum Gasteiger partial charge on any atom is 0.243 e. The molecule has 1 saturated heterocycles. The molecule has 71 heavy (non-hydrogen) atoms. The van der Waals surface area contributed by atoms with Crippen LogP contribution in [0, 0.1) is 11.8 Å². The molecule has 1 aliphatic heterocycles. The van der Waals surface area contributed by atoms with E-state index in [9.17, 15) is 48.9 Å². The molecule has 0 radical (unpaired) electrons. The van der Waals surface area contributed by atoms with Gasteiger partial charge in [-0.2, -0.15) is 0 Å². The number of amides is 5. The van der Waals surface area contributed by atoms with Crippen molar-refractivity contribution in [3.05, 3.63) is 108 Å². The SMILES string of the molecule is CCCCC[C@@H]1NC(=O)[C@@H](Cc2c[nH]c3ccccc23)NC(=O)[C@H](Cc2ccccc2)CC(=O)[C@@H](NC(=O)[C@H](N)Cc2ccccc2)CSSC[C@@H](C(=O)NC(CO)C(C)O)CC(=O)[C@H]([C@@H](C)O)NC1=O. The molecule has 5 amide bonds. The smallest absolute Gasteiger partial charge is 0.243 e. The molecule has 4 aromatic rings. The fourth-order valence-electron chi connectivity index (χ4n) is 8.34. The number of aromatic nitrogens is 1. The van der Waals surface area contributed by atoms with E-state index in [1.165, 1.54) is 13.8 Å². The van der Waals surface area contributed by atoms with Crippen LogP contribution in [0.25, 0.3) is 10.9 Å². The number of Topliss-reactive ketones (excluding diaryl/α,β-unsaturated/α-hetero) is 2. The van der Waals surface area contributed by atoms with Crippen LogP contribution in [0.1, 0.15) is 76.0 Å². The molecule has 384 valence electrons. The average molecular weight is 1020 g/mol. The third-order valence-corrected chi connectivity index (χ3v) is 15.1. The predicted molar refractivity (Wildman–Crippen MR) is 276 cm³/mol. The standard InChI is InChI=1S/C52H69N7O10S2/c1-4-5-8-21-41-51(68)59-47(32(3)62)46(64)26-37(49(66)57-43(28-60)31(2)61)29-70-71-30-44(58-50(67)39(53)23-34-17-11-7-12-18-34)45(63)25-35(22-33-15-9-6-10-16-33)48(65)56-42(52(69)55-41)24-36-27-54-40-20-14-13-19-38(36)40/h6-7,9-20,27,31-32,35,37,39,41-44,47,54,60-62H,4-5,8,21-26,28-30,53H2,1-3H3,(H,55,69)(H,56,65)(H,57,66)(H,58,67)(H,59,68)/t31?,32-,35-,37+,39-,41+,42-,43?,44+,47+/m1/s1. The first-order valence-corrected chi connectivity index (χ1v) is 26.7. The van der Waals surface area contributed by atoms with Gasteiger partial charge in [0.15, 0.2) is 11.6 Å². The number of para-hydroxylation sites is 1. The zero-order valence-electron chi connectivity index (χ0n) is 40.5. The molecule has 3 aromatic carbocycles. The Labute approximate surface area is 422 Å². The van der Waals surface area contributed by atoms with Crippen LogP contribution in [0.2, 0.25) is 0 Å². The first-order chi connectivity index (χ1) is 34.1. The van der Waals surface area contributed by atoms with Crippen molar-refractivity contribution >= 4 is 73.6 Å². The number of hydrogen-bond donors (Lipinski definition) is 10. The summed E-state index contributed by atoms with van der Waals surface area (Å²) in [4.78, 5) is 103. The van der Waals surface area contributed by atoms with Crippen LogP contribution in [0.4, 0.5) is 0 Å². The van der Waals surface area contributed by atoms with E-state index in [1.807, 2.05) is 79.7 Å². The number of rotatable bonds is 17. The fraction of sp³-hybridized carbons (Fsp3) is 0.481. The maximum atomic E-state index is 14.8. The molecule has 0 spiro atoms. The lowest BCUT2D eigenvalue weighted by molar-refractivity contribution is -0.136. The van der Waals surface area contributed by atoms with Gasteiger partial charge in [0.05, 0.1) is 42.9 Å². The topological polar surface area (TPSA) is 282 Å². The van der Waals surface area contributed by atoms with Crippen LogP contribution >= 0.6 is 21.6 Å². The lowest BCUT2D eigenvalue weighted by atomic mass is 9.90. The fourth-order valence-corrected chi connectivity index (χ4v) is 10.9. The van der Waals surface area contributed by atoms with Crippen LogP contribution in [-0.4, -0.2) is 128 Å². The van der Waals surface area contributed by atoms with Crippen molar-refractivity contribution in [1.29, 1.82) is 0 Å². The van der Waals surface area contributed by atoms with Crippen molar-refractivity contribution in [2.24, 2.45) is 17.6 Å². The Morgan fingerprint density at radius 2 is 1.39 bits per heavy atom. The van der Waals surface area contributed by atoms with E-state index in [1.54, 1.807) is 18.3 Å². The van der Waals surface area contributed by atoms with Gasteiger partial charge in [-0.1, -0.05) is 127 Å². The van der Waals surface area contributed by atoms with Gasteiger partial charge < -0.3 is 52.6 Å². The summed E-state index contributed by atoms with van der Waals surface area (Å²) in [6.45, 7) is 4.07. The summed E-state index contributed by atoms with van der Waals surface area (Å²) in [5.41, 5.74) is 9.43. The quantitative estimate of drug-likeness (QED) is 0.0539. The summed E-state index contributed by atoms with van der Waals surface area (Å²) in [5, 5.41) is 45.7. The molecule has 0 aliphatic carbocycles. The van der Waals surface area contributed by atoms with E-state index >= 15 is 0 Å². The number of unbranched alkanes of at least 4 members (excludes halogenated alkanes) is 2. The lowest BCUT2D eigenvalue weighted by Crippen LogP contribution is -2.58. The van der Waals surface area contributed by atoms with E-state index in [4.69, 9.17) is 5.73 Å². The van der Waals surface area contributed by atoms with Gasteiger partial charge in [0.25, 0.3) is 0 Å². The van der Waals surface area contributed by atoms with Crippen LogP contribution in [0.5, 0.6) is 0 Å². The minimum atomic E-state index is -1.52. The number of fused-ring (bicyclic) bond motifs is 1. The summed E-state index contributed by atoms with van der Waals surface area (Å²) in [6, 6.07) is 18.3. The molecule has 2 heterocycles. The number of benzene rings is 3. The third kappa shape index (κ3) is 17.3. The number of ketones is 2. The van der Waals surface area contributed by atoms with Gasteiger partial charge in [-0.3, -0.25) is 33.6 Å². The summed E-state index contributed by atoms with van der Waals surface area (Å²) < 4.78 is 0. The number of aliphatic hydroxyl groups is 3. The van der Waals surface area contributed by atoms with Crippen molar-refractivity contribution in [2.45, 2.75) is 127 Å². The summed E-state index contributed by atoms with van der Waals surface area (Å²) in [5.74, 6) is -6.90. The molecule has 10 atom stereocenters. The molecule has 17 nitrogen and oxygen atoms in total. The van der Waals surface area contributed by atoms with Gasteiger partial charge in [-0.05, 0) is 55.9 Å². The predicted octanol–water partition coefficient (Wildman–Crippen LogP) is 2.83. The third-order valence-electron chi connectivity index (χ3n) is 12.6. The van der Waals surface area contributed by atoms with Gasteiger partial charge in [0.1, 0.15) is 18.1 Å². The molecule has 1 aliphatic rings. The molecule has 19 heteroatoms. The highest BCUT2D eigenvalue weighted by Crippen LogP contribution is 2.29. The monoisotopic (exact) mass is 1020 g/mol. The summed E-state index contributed by atoms with van der Waals surface area (Å²) >= 11 is 0. The first-order valence-electron chi connectivity index (χ1n) is 24.2. The summed E-state index contributed by atoms with van der Waals surface area (Å²) in [7, 11) is 2.25. The van der Waals surface area contributed by atoms with Crippen molar-refractivity contribution in [2.75, 3.05) is 18.1 Å². The highest BCUT2D eigenvalue weighted by atomic mass is 33.1. The first kappa shape index (κ1) is 56.3. The maximum absolute atomic E-state index is 14.8. The zero-order chi connectivity index (χ0) is 51.5. The molecule has 1 fully saturated rings. The number of carbonyl (C=O) groups excluding carboxylic acids is 7. The number of nitrogens with two attached hydrogens (primary N) is 1. The zero-order valence-corrected chi connectivity index (χ0v) is 42.1. The normalized spacial score (nSPS) is 23.1. The van der Waals surface area contributed by atoms with E-state index < -0.39 is 114 Å². The number of aliphatic hydroxyl groups excluding tert-OH is 3. The van der Waals surface area contributed by atoms with Crippen LogP contribution < -0.4 is 32.3 Å². The average Bonchev–Trinajstić information content (AvgIpc) is 3.76. The highest BCUT2D eigenvalue weighted by molar-refractivity contribution is 8.76. The number of aromatic amines is 1. The second kappa shape index (κ2) is 28.5. The molecule has 0 bridgehead atoms. The van der Waals surface area contributed by atoms with Crippen molar-refractivity contribution in [3.63, 3.8) is 0 Å². The van der Waals surface area contributed by atoms with E-state index in [2.05, 4.69) is 31.6 Å². The number of hydrogen-bond acceptors (Lipinski definition) is 13. The number of nitrogens with one attached hydrogen (secondary N) is 6. The van der Waals surface area contributed by atoms with Crippen LogP contribution in [0.15, 0.2) is 91.1 Å². The molecule has 5 rings (SSSR count). The van der Waals surface area contributed by atoms with Crippen LogP contribution in [0.3, 0.4) is 0 Å². The van der Waals surface area contributed by atoms with Gasteiger partial charge >= 0.3 is 0 Å². The molecule has 2 unspecified atom stereocenters. The van der Waals surface area contributed by atoms with Gasteiger partial charge in [0, 0.05) is 53.8 Å². The number of carbonyl (C=O) groups is 7. The Morgan fingerprint density at radius 3 is 2.06 bits per heavy atom. The van der Waals surface area contributed by atoms with Crippen molar-refractivity contribution in [1.82, 2.24) is 31.6 Å². The van der Waals surface area contributed by atoms with Crippen molar-refractivity contribution < 1.29 is 48.9 Å².